The Bertz CT molecular complexity index is 1720. The van der Waals surface area contributed by atoms with Crippen molar-refractivity contribution < 1.29 is 28.1 Å². The van der Waals surface area contributed by atoms with Gasteiger partial charge in [-0.15, -0.1) is 17.4 Å². The Hall–Kier alpha value is -5.82. The maximum absolute atomic E-state index is 12.2. The molecule has 0 bridgehead atoms. The normalized spacial score (nSPS) is 9.94. The summed E-state index contributed by atoms with van der Waals surface area (Å²) in [4.78, 5) is 21.4. The van der Waals surface area contributed by atoms with E-state index in [2.05, 4.69) is 66.4 Å². The fraction of sp³-hybridized carbons (Fsp3) is 0.0400. The van der Waals surface area contributed by atoms with Crippen molar-refractivity contribution in [1.29, 1.82) is 0 Å². The third kappa shape index (κ3) is 15.6. The molecule has 17 nitrogen and oxygen atoms in total. The van der Waals surface area contributed by atoms with Crippen molar-refractivity contribution >= 4 is 63.3 Å². The lowest BCUT2D eigenvalue weighted by Crippen LogP contribution is -2.15. The molecule has 5 heterocycles. The molecule has 0 aromatic carbocycles. The predicted octanol–water partition coefficient (Wildman–Crippen LogP) is 3.89. The fourth-order valence-electron chi connectivity index (χ4n) is 2.59. The Kier molecular flexibility index (Phi) is 18.4. The first kappa shape index (κ1) is 41.2. The van der Waals surface area contributed by atoms with Crippen LogP contribution in [0.25, 0.3) is 16.4 Å². The van der Waals surface area contributed by atoms with Crippen LogP contribution in [0.2, 0.25) is 0 Å². The molecule has 0 saturated heterocycles. The van der Waals surface area contributed by atoms with Gasteiger partial charge in [-0.25, -0.2) is 20.8 Å². The minimum atomic E-state index is -4.66. The number of hydrogen-bond donors (Lipinski definition) is 8. The Morgan fingerprint density at radius 1 is 0.787 bits per heavy atom. The second-order valence-corrected chi connectivity index (χ2v) is 8.53. The monoisotopic (exact) mass is 742 g/mol. The Morgan fingerprint density at radius 2 is 1.30 bits per heavy atom. The summed E-state index contributed by atoms with van der Waals surface area (Å²) in [6.45, 7) is 6.55. The summed E-state index contributed by atoms with van der Waals surface area (Å²) in [5.74, 6) is 3.58. The van der Waals surface area contributed by atoms with Gasteiger partial charge in [0.15, 0.2) is 5.84 Å². The van der Waals surface area contributed by atoms with Crippen LogP contribution in [0, 0.1) is 6.57 Å². The number of anilines is 4. The summed E-state index contributed by atoms with van der Waals surface area (Å²) in [6.07, 6.45) is -4.66. The number of nitrogens with two attached hydrogens (primary N) is 6. The number of pyridine rings is 4. The molecule has 0 spiro atoms. The second kappa shape index (κ2) is 21.0. The van der Waals surface area contributed by atoms with Crippen LogP contribution in [-0.4, -0.2) is 46.3 Å². The maximum atomic E-state index is 12.2. The molecular formula is C25H27BrClF3N14O3. The molecule has 0 fully saturated rings. The van der Waals surface area contributed by atoms with E-state index >= 15 is 0 Å². The van der Waals surface area contributed by atoms with Gasteiger partial charge in [-0.05, 0) is 58.4 Å². The van der Waals surface area contributed by atoms with Gasteiger partial charge in [0.05, 0.1) is 0 Å². The number of halogens is 5. The minimum Gasteiger partial charge on any atom is -0.409 e. The molecule has 5 aromatic rings. The van der Waals surface area contributed by atoms with Crippen molar-refractivity contribution in [2.24, 2.45) is 16.8 Å². The van der Waals surface area contributed by atoms with Gasteiger partial charge in [-0.2, -0.15) is 18.2 Å². The van der Waals surface area contributed by atoms with E-state index in [0.717, 1.165) is 4.60 Å². The molecule has 0 aliphatic heterocycles. The number of amidine groups is 1. The van der Waals surface area contributed by atoms with Gasteiger partial charge in [-0.3, -0.25) is 0 Å². The zero-order valence-electron chi connectivity index (χ0n) is 23.7. The molecule has 0 unspecified atom stereocenters. The van der Waals surface area contributed by atoms with Crippen LogP contribution in [0.5, 0.6) is 0 Å². The van der Waals surface area contributed by atoms with Crippen LogP contribution in [0.15, 0.2) is 87.1 Å². The number of oxime groups is 1. The molecule has 250 valence electrons. The molecule has 5 rings (SSSR count). The van der Waals surface area contributed by atoms with Crippen molar-refractivity contribution in [1.82, 2.24) is 30.1 Å². The largest absolute Gasteiger partial charge is 0.471 e. The third-order valence-corrected chi connectivity index (χ3v) is 4.86. The number of nitrogen functional groups attached to an aromatic ring is 4. The SMILES string of the molecule is Cl.NC(=NO)c1cccc(N)n1.NO.Nc1cccc(-c2noc(C(F)(F)F)n2)n1.Nc1cccc(Br)n1.[C-]#[N+]c1cccc(N)n1. The van der Waals surface area contributed by atoms with Gasteiger partial charge in [-0.1, -0.05) is 41.1 Å². The Balaban J connectivity index is 0.000000606. The topological polar surface area (TPSA) is 304 Å². The minimum absolute atomic E-state index is 0. The maximum Gasteiger partial charge on any atom is 0.471 e. The summed E-state index contributed by atoms with van der Waals surface area (Å²) in [6, 6.07) is 19.7. The van der Waals surface area contributed by atoms with Crippen LogP contribution in [-0.2, 0) is 6.18 Å². The first-order valence-electron chi connectivity index (χ1n) is 11.9. The molecule has 5 aromatic heterocycles. The predicted molar refractivity (Wildman–Crippen MR) is 173 cm³/mol. The molecule has 0 aliphatic rings. The Morgan fingerprint density at radius 3 is 1.70 bits per heavy atom. The average molecular weight is 744 g/mol. The molecule has 47 heavy (non-hydrogen) atoms. The van der Waals surface area contributed by atoms with Crippen LogP contribution >= 0.6 is 28.3 Å². The summed E-state index contributed by atoms with van der Waals surface area (Å²) in [5, 5.41) is 20.7. The highest BCUT2D eigenvalue weighted by Gasteiger charge is 2.38. The standard InChI is InChI=1S/C8H5F3N4O.C6H8N4O.C6H5N3.C5H5BrN2.ClH.H3NO/c9-8(10,11)7-14-6(15-16-7)4-2-1-3-5(12)13-4;7-5-3-1-2-4(9-5)6(8)10-11;1-8-6-4-2-3-5(7)9-6;6-4-2-1-3-5(7)8-4;;1-2/h1-3H,(H2,12,13);1-3,11H,(H2,7,9)(H2,8,10);2-4H,(H2,7,9);1-3H,(H2,7,8);1H;2H,1H2. The van der Waals surface area contributed by atoms with Crippen molar-refractivity contribution in [2.45, 2.75) is 6.18 Å². The first-order valence-corrected chi connectivity index (χ1v) is 12.7. The molecule has 14 N–H and O–H groups in total. The summed E-state index contributed by atoms with van der Waals surface area (Å²) in [7, 11) is 0. The number of hydrogen-bond acceptors (Lipinski definition) is 15. The number of aromatic nitrogens is 6. The van der Waals surface area contributed by atoms with E-state index in [9.17, 15) is 13.2 Å². The zero-order valence-corrected chi connectivity index (χ0v) is 26.1. The first-order chi connectivity index (χ1) is 21.8. The van der Waals surface area contributed by atoms with Crippen molar-refractivity contribution in [3.63, 3.8) is 0 Å². The highest BCUT2D eigenvalue weighted by atomic mass is 79.9. The smallest absolute Gasteiger partial charge is 0.409 e. The molecule has 0 amide bonds. The lowest BCUT2D eigenvalue weighted by atomic mass is 10.3. The van der Waals surface area contributed by atoms with Gasteiger partial charge >= 0.3 is 12.1 Å². The van der Waals surface area contributed by atoms with Gasteiger partial charge in [0.2, 0.25) is 11.6 Å². The van der Waals surface area contributed by atoms with Crippen molar-refractivity contribution in [3.05, 3.63) is 100 Å². The molecule has 0 saturated carbocycles. The highest BCUT2D eigenvalue weighted by molar-refractivity contribution is 9.10. The average Bonchev–Trinajstić information content (AvgIpc) is 3.54. The molecule has 0 atom stereocenters. The lowest BCUT2D eigenvalue weighted by Gasteiger charge is -1.96. The van der Waals surface area contributed by atoms with Crippen LogP contribution in [0.1, 0.15) is 11.6 Å². The van der Waals surface area contributed by atoms with Gasteiger partial charge in [0, 0.05) is 6.07 Å². The quantitative estimate of drug-likeness (QED) is 0.0318. The van der Waals surface area contributed by atoms with Crippen LogP contribution in [0.4, 0.5) is 42.3 Å². The van der Waals surface area contributed by atoms with E-state index in [4.69, 9.17) is 45.7 Å². The molecule has 22 heteroatoms. The summed E-state index contributed by atoms with van der Waals surface area (Å²) < 4.78 is 41.3. The van der Waals surface area contributed by atoms with E-state index in [1.54, 1.807) is 42.5 Å². The van der Waals surface area contributed by atoms with Crippen LogP contribution < -0.4 is 34.6 Å². The Labute approximate surface area is 278 Å². The number of rotatable bonds is 2. The van der Waals surface area contributed by atoms with Crippen molar-refractivity contribution in [2.75, 3.05) is 22.9 Å². The third-order valence-electron chi connectivity index (χ3n) is 4.42. The molecule has 0 radical (unpaired) electrons. The van der Waals surface area contributed by atoms with Crippen molar-refractivity contribution in [3.8, 4) is 11.5 Å². The second-order valence-electron chi connectivity index (χ2n) is 7.72. The lowest BCUT2D eigenvalue weighted by molar-refractivity contribution is -0.159. The summed E-state index contributed by atoms with van der Waals surface area (Å²) in [5.41, 5.74) is 27.1. The van der Waals surface area contributed by atoms with E-state index < -0.39 is 12.1 Å². The van der Waals surface area contributed by atoms with E-state index in [1.807, 2.05) is 12.1 Å². The fourth-order valence-corrected chi connectivity index (χ4v) is 2.95. The van der Waals surface area contributed by atoms with Crippen LogP contribution in [0.3, 0.4) is 0 Å². The van der Waals surface area contributed by atoms with Gasteiger partial charge < -0.3 is 48.5 Å². The zero-order chi connectivity index (χ0) is 34.7. The summed E-state index contributed by atoms with van der Waals surface area (Å²) >= 11 is 3.17. The molecule has 0 aliphatic carbocycles. The van der Waals surface area contributed by atoms with Gasteiger partial charge in [0.25, 0.3) is 5.82 Å². The number of alkyl halides is 3. The van der Waals surface area contributed by atoms with Gasteiger partial charge in [0.1, 0.15) is 33.4 Å². The number of nitrogens with zero attached hydrogens (tertiary/aromatic N) is 8. The van der Waals surface area contributed by atoms with E-state index in [0.29, 0.717) is 29.0 Å². The van der Waals surface area contributed by atoms with E-state index in [-0.39, 0.29) is 35.6 Å². The highest BCUT2D eigenvalue weighted by Crippen LogP contribution is 2.29. The van der Waals surface area contributed by atoms with E-state index in [1.165, 1.54) is 18.2 Å². The molecular weight excluding hydrogens is 717 g/mol.